The number of esters is 2. The van der Waals surface area contributed by atoms with Gasteiger partial charge < -0.3 is 24.4 Å². The van der Waals surface area contributed by atoms with Crippen molar-refractivity contribution in [1.82, 2.24) is 4.98 Å². The van der Waals surface area contributed by atoms with E-state index in [1.54, 1.807) is 38.4 Å². The number of carbonyl (C=O) groups is 2. The van der Waals surface area contributed by atoms with Gasteiger partial charge in [-0.2, -0.15) is 0 Å². The third kappa shape index (κ3) is 4.17. The van der Waals surface area contributed by atoms with Crippen LogP contribution in [0.3, 0.4) is 0 Å². The quantitative estimate of drug-likeness (QED) is 0.371. The minimum absolute atomic E-state index is 0.0916. The third-order valence-electron chi connectivity index (χ3n) is 15.2. The fourth-order valence-corrected chi connectivity index (χ4v) is 13.3. The van der Waals surface area contributed by atoms with Gasteiger partial charge in [0.1, 0.15) is 6.10 Å². The summed E-state index contributed by atoms with van der Waals surface area (Å²) in [7, 11) is 0. The molecule has 2 N–H and O–H groups in total. The molecule has 2 spiro atoms. The number of fused-ring (bicyclic) bond motifs is 4. The molecule has 1 aromatic heterocycles. The Balaban J connectivity index is 1.16. The van der Waals surface area contributed by atoms with Gasteiger partial charge in [-0.25, -0.2) is 4.79 Å². The molecule has 2 heterocycles. The van der Waals surface area contributed by atoms with Crippen LogP contribution in [-0.4, -0.2) is 63.3 Å². The molecule has 7 rings (SSSR count). The van der Waals surface area contributed by atoms with Crippen LogP contribution in [0, 0.1) is 50.7 Å². The number of hydrogen-bond donors (Lipinski definition) is 2. The number of hydrogen-bond acceptors (Lipinski definition) is 8. The van der Waals surface area contributed by atoms with E-state index in [0.717, 1.165) is 32.1 Å². The molecule has 5 aliphatic carbocycles. The summed E-state index contributed by atoms with van der Waals surface area (Å²) >= 11 is 0. The normalized spacial score (nSPS) is 47.6. The van der Waals surface area contributed by atoms with Gasteiger partial charge in [0.05, 0.1) is 29.5 Å². The molecular formula is C38H55NO7. The zero-order valence-electron chi connectivity index (χ0n) is 29.0. The maximum absolute atomic E-state index is 13.1. The number of aliphatic hydroxyl groups excluding tert-OH is 1. The van der Waals surface area contributed by atoms with Gasteiger partial charge in [0.25, 0.3) is 0 Å². The fraction of sp³-hybridized carbons (Fsp3) is 0.816. The summed E-state index contributed by atoms with van der Waals surface area (Å²) in [6.07, 6.45) is 8.96. The van der Waals surface area contributed by atoms with E-state index in [0.29, 0.717) is 23.8 Å². The zero-order chi connectivity index (χ0) is 33.2. The summed E-state index contributed by atoms with van der Waals surface area (Å²) in [5.74, 6) is 0.551. The van der Waals surface area contributed by atoms with E-state index in [1.165, 1.54) is 19.8 Å². The first kappa shape index (κ1) is 32.5. The summed E-state index contributed by atoms with van der Waals surface area (Å²) in [4.78, 5) is 29.3. The van der Waals surface area contributed by atoms with Crippen molar-refractivity contribution in [3.05, 3.63) is 30.1 Å². The molecule has 1 aliphatic heterocycles. The van der Waals surface area contributed by atoms with Crippen LogP contribution >= 0.6 is 0 Å². The van der Waals surface area contributed by atoms with Crippen LogP contribution in [-0.2, 0) is 19.0 Å². The topological polar surface area (TPSA) is 115 Å². The van der Waals surface area contributed by atoms with E-state index in [9.17, 15) is 19.8 Å². The Kier molecular flexibility index (Phi) is 7.24. The summed E-state index contributed by atoms with van der Waals surface area (Å²) in [6, 6.07) is 3.54. The van der Waals surface area contributed by atoms with E-state index < -0.39 is 29.9 Å². The highest BCUT2D eigenvalue weighted by Crippen LogP contribution is 2.89. The van der Waals surface area contributed by atoms with Crippen molar-refractivity contribution < 1.29 is 34.0 Å². The van der Waals surface area contributed by atoms with Crippen LogP contribution in [0.15, 0.2) is 24.5 Å². The predicted molar refractivity (Wildman–Crippen MR) is 171 cm³/mol. The average molecular weight is 638 g/mol. The molecule has 0 aromatic carbocycles. The number of carbonyl (C=O) groups excluding carboxylic acids is 2. The molecule has 6 aliphatic rings. The maximum Gasteiger partial charge on any atom is 0.339 e. The Morgan fingerprint density at radius 1 is 1.07 bits per heavy atom. The van der Waals surface area contributed by atoms with Crippen LogP contribution in [0.2, 0.25) is 0 Å². The first-order chi connectivity index (χ1) is 21.4. The lowest BCUT2D eigenvalue weighted by Gasteiger charge is -2.63. The Morgan fingerprint density at radius 3 is 2.41 bits per heavy atom. The summed E-state index contributed by atoms with van der Waals surface area (Å²) in [5, 5.41) is 23.5. The van der Waals surface area contributed by atoms with E-state index in [1.807, 2.05) is 0 Å². The van der Waals surface area contributed by atoms with Crippen LogP contribution in [0.4, 0.5) is 0 Å². The van der Waals surface area contributed by atoms with Gasteiger partial charge in [-0.15, -0.1) is 0 Å². The van der Waals surface area contributed by atoms with Crippen molar-refractivity contribution in [3.8, 4) is 0 Å². The maximum atomic E-state index is 13.1. The summed E-state index contributed by atoms with van der Waals surface area (Å²) in [6.45, 7) is 16.4. The number of aliphatic hydroxyl groups is 2. The molecule has 5 saturated carbocycles. The first-order valence-corrected chi connectivity index (χ1v) is 17.8. The van der Waals surface area contributed by atoms with Crippen molar-refractivity contribution in [3.63, 3.8) is 0 Å². The lowest BCUT2D eigenvalue weighted by Crippen LogP contribution is -2.60. The number of rotatable bonds is 5. The number of ether oxygens (including phenoxy) is 3. The van der Waals surface area contributed by atoms with Crippen molar-refractivity contribution in [2.45, 2.75) is 143 Å². The van der Waals surface area contributed by atoms with Gasteiger partial charge >= 0.3 is 11.9 Å². The Morgan fingerprint density at radius 2 is 1.76 bits per heavy atom. The third-order valence-corrected chi connectivity index (χ3v) is 15.2. The van der Waals surface area contributed by atoms with Crippen molar-refractivity contribution >= 4 is 11.9 Å². The number of nitrogens with zero attached hydrogens (tertiary/aromatic N) is 1. The minimum Gasteiger partial charge on any atom is -0.458 e. The van der Waals surface area contributed by atoms with Crippen molar-refractivity contribution in [2.75, 3.05) is 0 Å². The predicted octanol–water partition coefficient (Wildman–Crippen LogP) is 6.12. The number of pyridine rings is 1. The first-order valence-electron chi connectivity index (χ1n) is 17.8. The highest BCUT2D eigenvalue weighted by molar-refractivity contribution is 5.89. The van der Waals surface area contributed by atoms with Crippen molar-refractivity contribution in [2.24, 2.45) is 50.7 Å². The molecule has 46 heavy (non-hydrogen) atoms. The van der Waals surface area contributed by atoms with Crippen LogP contribution in [0.1, 0.15) is 117 Å². The van der Waals surface area contributed by atoms with Crippen molar-refractivity contribution in [1.29, 1.82) is 0 Å². The molecular weight excluding hydrogens is 582 g/mol. The van der Waals surface area contributed by atoms with Gasteiger partial charge in [0, 0.05) is 30.1 Å². The molecule has 8 heteroatoms. The smallest absolute Gasteiger partial charge is 0.339 e. The Hall–Kier alpha value is -2.03. The van der Waals surface area contributed by atoms with Crippen LogP contribution in [0.25, 0.3) is 0 Å². The Labute approximate surface area is 274 Å². The minimum atomic E-state index is -1.27. The van der Waals surface area contributed by atoms with Crippen LogP contribution < -0.4 is 0 Å². The lowest BCUT2D eigenvalue weighted by atomic mass is 9.41. The van der Waals surface area contributed by atoms with Gasteiger partial charge in [-0.3, -0.25) is 9.78 Å². The second-order valence-electron chi connectivity index (χ2n) is 17.9. The molecule has 8 nitrogen and oxygen atoms in total. The van der Waals surface area contributed by atoms with Gasteiger partial charge in [0.2, 0.25) is 0 Å². The molecule has 0 amide bonds. The van der Waals surface area contributed by atoms with E-state index in [2.05, 4.69) is 39.6 Å². The number of aromatic nitrogens is 1. The standard InChI is InChI=1S/C38H55NO7/c1-21-18-24(31(34(5,6)43)44-22(2)40)45-29-28(21)35(7)15-16-38-20-37(38)14-13-27(46-32(42)23-10-9-17-39-19-23)33(3,4)25(37)11-12-26(38)36(35,8)30(29)41/h9-10,17,19,21,24-31,41,43H,11-16,18,20H2,1-8H3/t21-,24?,25+,26?,27+,28+,29+,30+,31+,35-,36-,37?,38+/m1/s1. The Bertz CT molecular complexity index is 1390. The molecule has 1 aromatic rings. The van der Waals surface area contributed by atoms with E-state index in [-0.39, 0.29) is 57.1 Å². The van der Waals surface area contributed by atoms with Crippen LogP contribution in [0.5, 0.6) is 0 Å². The second kappa shape index (κ2) is 10.2. The summed E-state index contributed by atoms with van der Waals surface area (Å²) < 4.78 is 18.7. The molecule has 1 saturated heterocycles. The molecule has 0 radical (unpaired) electrons. The highest BCUT2D eigenvalue weighted by Gasteiger charge is 2.84. The van der Waals surface area contributed by atoms with E-state index in [4.69, 9.17) is 14.2 Å². The highest BCUT2D eigenvalue weighted by atomic mass is 16.6. The van der Waals surface area contributed by atoms with E-state index >= 15 is 0 Å². The fourth-order valence-electron chi connectivity index (χ4n) is 13.3. The monoisotopic (exact) mass is 637 g/mol. The lowest BCUT2D eigenvalue weighted by molar-refractivity contribution is -0.216. The second-order valence-corrected chi connectivity index (χ2v) is 17.9. The van der Waals surface area contributed by atoms with Gasteiger partial charge in [0.15, 0.2) is 6.10 Å². The summed E-state index contributed by atoms with van der Waals surface area (Å²) in [5.41, 5.74) is -0.935. The molecule has 6 fully saturated rings. The largest absolute Gasteiger partial charge is 0.458 e. The average Bonchev–Trinajstić information content (AvgIpc) is 3.61. The van der Waals surface area contributed by atoms with Gasteiger partial charge in [-0.05, 0) is 117 Å². The molecule has 13 atom stereocenters. The molecule has 254 valence electrons. The van der Waals surface area contributed by atoms with Gasteiger partial charge in [-0.1, -0.05) is 34.6 Å². The zero-order valence-corrected chi connectivity index (χ0v) is 29.0. The SMILES string of the molecule is CC(=O)O[C@@H](C1C[C@@H](C)[C@H]2[C@H](O1)[C@H](O)[C@@]1(C)C3CC[C@H]4C(C)(C)[C@@H](OC(=O)c5cccnc5)CCC45C[C@@]35CC[C@]21C)C(C)(C)O. The molecule has 3 unspecified atom stereocenters. The molecule has 0 bridgehead atoms.